The zero-order chi connectivity index (χ0) is 13.7. The Hall–Kier alpha value is -1.00. The molecule has 1 aliphatic carbocycles. The maximum absolute atomic E-state index is 11.3. The molecule has 2 unspecified atom stereocenters. The topological polar surface area (TPSA) is 63.3 Å². The van der Waals surface area contributed by atoms with Gasteiger partial charge in [0.1, 0.15) is 5.54 Å². The summed E-state index contributed by atoms with van der Waals surface area (Å²) in [5, 5.41) is 9.25. The summed E-state index contributed by atoms with van der Waals surface area (Å²) < 4.78 is 0. The van der Waals surface area contributed by atoms with Crippen LogP contribution in [0.3, 0.4) is 0 Å². The third kappa shape index (κ3) is 3.51. The van der Waals surface area contributed by atoms with Gasteiger partial charge in [0, 0.05) is 5.75 Å². The van der Waals surface area contributed by atoms with E-state index in [9.17, 15) is 9.90 Å². The van der Waals surface area contributed by atoms with Crippen LogP contribution in [0, 0.1) is 5.92 Å². The lowest BCUT2D eigenvalue weighted by atomic mass is 9.86. The number of carboxylic acid groups (broad SMARTS) is 1. The van der Waals surface area contributed by atoms with Crippen LogP contribution in [0.15, 0.2) is 30.3 Å². The highest BCUT2D eigenvalue weighted by atomic mass is 32.2. The fourth-order valence-electron chi connectivity index (χ4n) is 2.78. The van der Waals surface area contributed by atoms with E-state index in [1.165, 1.54) is 5.56 Å². The number of hydrogen-bond donors (Lipinski definition) is 2. The summed E-state index contributed by atoms with van der Waals surface area (Å²) in [6.45, 7) is 0. The minimum Gasteiger partial charge on any atom is -0.480 e. The van der Waals surface area contributed by atoms with Crippen molar-refractivity contribution in [3.8, 4) is 0 Å². The van der Waals surface area contributed by atoms with Crippen molar-refractivity contribution in [2.45, 2.75) is 37.0 Å². The van der Waals surface area contributed by atoms with Crippen LogP contribution in [-0.2, 0) is 10.5 Å². The summed E-state index contributed by atoms with van der Waals surface area (Å²) in [4.78, 5) is 11.3. The molecule has 0 aliphatic heterocycles. The normalized spacial score (nSPS) is 26.5. The van der Waals surface area contributed by atoms with E-state index in [-0.39, 0.29) is 5.92 Å². The summed E-state index contributed by atoms with van der Waals surface area (Å²) in [5.74, 6) is 1.26. The Labute approximate surface area is 118 Å². The highest BCUT2D eigenvalue weighted by Gasteiger charge is 2.45. The third-order valence-corrected chi connectivity index (χ3v) is 5.05. The lowest BCUT2D eigenvalue weighted by Crippen LogP contribution is -2.51. The van der Waals surface area contributed by atoms with Crippen molar-refractivity contribution in [2.75, 3.05) is 5.75 Å². The van der Waals surface area contributed by atoms with Crippen LogP contribution in [0.25, 0.3) is 0 Å². The van der Waals surface area contributed by atoms with Crippen LogP contribution >= 0.6 is 11.8 Å². The molecule has 1 fully saturated rings. The molecule has 1 aromatic carbocycles. The van der Waals surface area contributed by atoms with Crippen LogP contribution in [0.5, 0.6) is 0 Å². The van der Waals surface area contributed by atoms with Crippen LogP contribution < -0.4 is 5.73 Å². The van der Waals surface area contributed by atoms with Gasteiger partial charge in [-0.2, -0.15) is 11.8 Å². The van der Waals surface area contributed by atoms with Gasteiger partial charge < -0.3 is 10.8 Å². The lowest BCUT2D eigenvalue weighted by Gasteiger charge is -2.26. The Morgan fingerprint density at radius 3 is 2.84 bits per heavy atom. The molecule has 2 rings (SSSR count). The number of carboxylic acids is 1. The number of carbonyl (C=O) groups is 1. The van der Waals surface area contributed by atoms with Gasteiger partial charge >= 0.3 is 5.97 Å². The van der Waals surface area contributed by atoms with Crippen molar-refractivity contribution in [1.29, 1.82) is 0 Å². The van der Waals surface area contributed by atoms with Gasteiger partial charge in [-0.1, -0.05) is 36.8 Å². The molecule has 0 spiro atoms. The number of rotatable bonds is 6. The molecule has 0 saturated heterocycles. The predicted molar refractivity (Wildman–Crippen MR) is 79.1 cm³/mol. The standard InChI is InChI=1S/C15H21NO2S/c16-15(14(17)18)9-4-7-13(15)8-10-19-11-12-5-2-1-3-6-12/h1-3,5-6,13H,4,7-11,16H2,(H,17,18). The van der Waals surface area contributed by atoms with Crippen molar-refractivity contribution in [1.82, 2.24) is 0 Å². The fourth-order valence-corrected chi connectivity index (χ4v) is 3.80. The zero-order valence-corrected chi connectivity index (χ0v) is 11.9. The van der Waals surface area contributed by atoms with E-state index in [0.717, 1.165) is 30.8 Å². The molecule has 3 N–H and O–H groups in total. The molecule has 0 heterocycles. The molecule has 0 bridgehead atoms. The molecule has 104 valence electrons. The van der Waals surface area contributed by atoms with Crippen LogP contribution in [0.2, 0.25) is 0 Å². The van der Waals surface area contributed by atoms with Gasteiger partial charge in [-0.15, -0.1) is 0 Å². The Bertz CT molecular complexity index is 423. The van der Waals surface area contributed by atoms with Crippen molar-refractivity contribution in [3.63, 3.8) is 0 Å². The first-order valence-electron chi connectivity index (χ1n) is 6.77. The Balaban J connectivity index is 1.75. The van der Waals surface area contributed by atoms with Gasteiger partial charge in [0.05, 0.1) is 0 Å². The van der Waals surface area contributed by atoms with Gasteiger partial charge in [-0.25, -0.2) is 0 Å². The van der Waals surface area contributed by atoms with Crippen molar-refractivity contribution < 1.29 is 9.90 Å². The van der Waals surface area contributed by atoms with Gasteiger partial charge in [0.2, 0.25) is 0 Å². The van der Waals surface area contributed by atoms with Crippen molar-refractivity contribution in [2.24, 2.45) is 11.7 Å². The smallest absolute Gasteiger partial charge is 0.323 e. The second-order valence-electron chi connectivity index (χ2n) is 5.26. The number of hydrogen-bond acceptors (Lipinski definition) is 3. The van der Waals surface area contributed by atoms with E-state index in [4.69, 9.17) is 5.73 Å². The average molecular weight is 279 g/mol. The van der Waals surface area contributed by atoms with E-state index >= 15 is 0 Å². The lowest BCUT2D eigenvalue weighted by molar-refractivity contribution is -0.144. The number of thioether (sulfide) groups is 1. The minimum atomic E-state index is -0.979. The van der Waals surface area contributed by atoms with E-state index in [1.807, 2.05) is 30.0 Å². The molecule has 1 aliphatic rings. The summed E-state index contributed by atoms with van der Waals surface area (Å²) in [7, 11) is 0. The third-order valence-electron chi connectivity index (χ3n) is 3.99. The van der Waals surface area contributed by atoms with Crippen molar-refractivity contribution >= 4 is 17.7 Å². The highest BCUT2D eigenvalue weighted by molar-refractivity contribution is 7.98. The van der Waals surface area contributed by atoms with E-state index in [2.05, 4.69) is 12.1 Å². The van der Waals surface area contributed by atoms with Crippen LogP contribution in [0.1, 0.15) is 31.2 Å². The second-order valence-corrected chi connectivity index (χ2v) is 6.37. The largest absolute Gasteiger partial charge is 0.480 e. The number of nitrogens with two attached hydrogens (primary N) is 1. The van der Waals surface area contributed by atoms with E-state index < -0.39 is 11.5 Å². The first-order valence-corrected chi connectivity index (χ1v) is 7.92. The van der Waals surface area contributed by atoms with Crippen LogP contribution in [0.4, 0.5) is 0 Å². The van der Waals surface area contributed by atoms with Crippen molar-refractivity contribution in [3.05, 3.63) is 35.9 Å². The Morgan fingerprint density at radius 1 is 1.42 bits per heavy atom. The van der Waals surface area contributed by atoms with Crippen LogP contribution in [-0.4, -0.2) is 22.4 Å². The second kappa shape index (κ2) is 6.44. The maximum Gasteiger partial charge on any atom is 0.323 e. The van der Waals surface area contributed by atoms with Gasteiger partial charge in [-0.3, -0.25) is 4.79 Å². The summed E-state index contributed by atoms with van der Waals surface area (Å²) in [6, 6.07) is 10.3. The molecule has 2 atom stereocenters. The molecule has 0 radical (unpaired) electrons. The fraction of sp³-hybridized carbons (Fsp3) is 0.533. The van der Waals surface area contributed by atoms with E-state index in [1.54, 1.807) is 0 Å². The highest BCUT2D eigenvalue weighted by Crippen LogP contribution is 2.37. The molecule has 1 saturated carbocycles. The molecular weight excluding hydrogens is 258 g/mol. The minimum absolute atomic E-state index is 0.133. The monoisotopic (exact) mass is 279 g/mol. The SMILES string of the molecule is NC1(C(=O)O)CCCC1CCSCc1ccccc1. The Kier molecular flexibility index (Phi) is 4.88. The molecule has 19 heavy (non-hydrogen) atoms. The first-order chi connectivity index (χ1) is 9.13. The number of benzene rings is 1. The summed E-state index contributed by atoms with van der Waals surface area (Å²) >= 11 is 1.86. The number of aliphatic carboxylic acids is 1. The average Bonchev–Trinajstić information content (AvgIpc) is 2.79. The maximum atomic E-state index is 11.3. The molecule has 3 nitrogen and oxygen atoms in total. The molecule has 1 aromatic rings. The molecular formula is C15H21NO2S. The molecule has 4 heteroatoms. The quantitative estimate of drug-likeness (QED) is 0.786. The van der Waals surface area contributed by atoms with E-state index in [0.29, 0.717) is 6.42 Å². The molecule has 0 amide bonds. The molecule has 0 aromatic heterocycles. The predicted octanol–water partition coefficient (Wildman–Crippen LogP) is 2.89. The first kappa shape index (κ1) is 14.4. The summed E-state index contributed by atoms with van der Waals surface area (Å²) in [6.07, 6.45) is 3.42. The zero-order valence-electron chi connectivity index (χ0n) is 11.0. The Morgan fingerprint density at radius 2 is 2.16 bits per heavy atom. The van der Waals surface area contributed by atoms with Gasteiger partial charge in [-0.05, 0) is 36.5 Å². The summed E-state index contributed by atoms with van der Waals surface area (Å²) in [5.41, 5.74) is 6.37. The van der Waals surface area contributed by atoms with Gasteiger partial charge in [0.25, 0.3) is 0 Å². The van der Waals surface area contributed by atoms with Gasteiger partial charge in [0.15, 0.2) is 0 Å².